The van der Waals surface area contributed by atoms with Crippen molar-refractivity contribution in [2.45, 2.75) is 6.42 Å². The molecule has 0 saturated carbocycles. The van der Waals surface area contributed by atoms with Crippen molar-refractivity contribution < 1.29 is 9.59 Å². The summed E-state index contributed by atoms with van der Waals surface area (Å²) in [6, 6.07) is 7.54. The summed E-state index contributed by atoms with van der Waals surface area (Å²) in [5, 5.41) is 0. The summed E-state index contributed by atoms with van der Waals surface area (Å²) in [7, 11) is 0. The number of rotatable bonds is 6. The van der Waals surface area contributed by atoms with E-state index >= 15 is 0 Å². The predicted molar refractivity (Wildman–Crippen MR) is 91.6 cm³/mol. The van der Waals surface area contributed by atoms with Crippen LogP contribution in [0.15, 0.2) is 54.0 Å². The van der Waals surface area contributed by atoms with Gasteiger partial charge in [-0.25, -0.2) is 0 Å². The standard InChI is InChI=1S/C17H19BrN2O2/c1-3-8-19(9-4-2)17(22)13-10-16(21)20(12-13)15-7-5-6-14(18)11-15/h3-7,11,13H,1-2,8-10,12H2. The molecule has 0 bridgehead atoms. The van der Waals surface area contributed by atoms with Crippen LogP contribution in [0.4, 0.5) is 5.69 Å². The molecule has 4 nitrogen and oxygen atoms in total. The van der Waals surface area contributed by atoms with Gasteiger partial charge in [-0.05, 0) is 18.2 Å². The van der Waals surface area contributed by atoms with Crippen LogP contribution < -0.4 is 4.90 Å². The van der Waals surface area contributed by atoms with Crippen molar-refractivity contribution in [3.63, 3.8) is 0 Å². The highest BCUT2D eigenvalue weighted by molar-refractivity contribution is 9.10. The second kappa shape index (κ2) is 7.40. The lowest BCUT2D eigenvalue weighted by atomic mass is 10.1. The van der Waals surface area contributed by atoms with E-state index < -0.39 is 0 Å². The van der Waals surface area contributed by atoms with Gasteiger partial charge in [0.15, 0.2) is 0 Å². The zero-order chi connectivity index (χ0) is 16.1. The van der Waals surface area contributed by atoms with Gasteiger partial charge in [-0.15, -0.1) is 13.2 Å². The molecule has 2 amide bonds. The first-order valence-corrected chi connectivity index (χ1v) is 7.92. The van der Waals surface area contributed by atoms with Gasteiger partial charge in [0.2, 0.25) is 11.8 Å². The van der Waals surface area contributed by atoms with E-state index in [1.165, 1.54) is 0 Å². The Morgan fingerprint density at radius 3 is 2.64 bits per heavy atom. The van der Waals surface area contributed by atoms with Crippen LogP contribution in [0.5, 0.6) is 0 Å². The van der Waals surface area contributed by atoms with Crippen molar-refractivity contribution in [3.8, 4) is 0 Å². The molecule has 0 spiro atoms. The molecule has 1 fully saturated rings. The lowest BCUT2D eigenvalue weighted by molar-refractivity contribution is -0.134. The van der Waals surface area contributed by atoms with Crippen LogP contribution >= 0.6 is 15.9 Å². The molecule has 1 heterocycles. The van der Waals surface area contributed by atoms with E-state index in [2.05, 4.69) is 29.1 Å². The first-order chi connectivity index (χ1) is 10.6. The summed E-state index contributed by atoms with van der Waals surface area (Å²) < 4.78 is 0.910. The fourth-order valence-electron chi connectivity index (χ4n) is 2.59. The number of hydrogen-bond donors (Lipinski definition) is 0. The average Bonchev–Trinajstić information content (AvgIpc) is 2.88. The van der Waals surface area contributed by atoms with Gasteiger partial charge in [-0.3, -0.25) is 9.59 Å². The quantitative estimate of drug-likeness (QED) is 0.729. The summed E-state index contributed by atoms with van der Waals surface area (Å²) in [6.07, 6.45) is 3.62. The highest BCUT2D eigenvalue weighted by Crippen LogP contribution is 2.28. The third-order valence-electron chi connectivity index (χ3n) is 3.60. The molecular formula is C17H19BrN2O2. The normalized spacial score (nSPS) is 17.4. The lowest BCUT2D eigenvalue weighted by Crippen LogP contribution is -2.37. The van der Waals surface area contributed by atoms with Crippen molar-refractivity contribution in [3.05, 3.63) is 54.0 Å². The molecule has 2 rings (SSSR count). The Bertz CT molecular complexity index is 590. The van der Waals surface area contributed by atoms with E-state index in [9.17, 15) is 9.59 Å². The molecule has 5 heteroatoms. The van der Waals surface area contributed by atoms with E-state index in [1.807, 2.05) is 24.3 Å². The fourth-order valence-corrected chi connectivity index (χ4v) is 2.98. The van der Waals surface area contributed by atoms with Gasteiger partial charge in [-0.2, -0.15) is 0 Å². The van der Waals surface area contributed by atoms with Crippen LogP contribution in [-0.4, -0.2) is 36.3 Å². The first kappa shape index (κ1) is 16.5. The zero-order valence-corrected chi connectivity index (χ0v) is 14.0. The van der Waals surface area contributed by atoms with Crippen LogP contribution in [0.1, 0.15) is 6.42 Å². The minimum Gasteiger partial charge on any atom is -0.335 e. The van der Waals surface area contributed by atoms with Gasteiger partial charge >= 0.3 is 0 Å². The van der Waals surface area contributed by atoms with Gasteiger partial charge < -0.3 is 9.80 Å². The maximum atomic E-state index is 12.6. The summed E-state index contributed by atoms with van der Waals surface area (Å²) in [4.78, 5) is 28.1. The Hall–Kier alpha value is -1.88. The maximum absolute atomic E-state index is 12.6. The van der Waals surface area contributed by atoms with Crippen molar-refractivity contribution >= 4 is 33.4 Å². The summed E-state index contributed by atoms with van der Waals surface area (Å²) in [5.41, 5.74) is 0.814. The molecule has 1 unspecified atom stereocenters. The molecule has 0 aromatic heterocycles. The number of hydrogen-bond acceptors (Lipinski definition) is 2. The molecule has 1 aliphatic rings. The molecule has 22 heavy (non-hydrogen) atoms. The Morgan fingerprint density at radius 2 is 2.05 bits per heavy atom. The van der Waals surface area contributed by atoms with Crippen LogP contribution in [0.25, 0.3) is 0 Å². The molecule has 1 aromatic carbocycles. The SMILES string of the molecule is C=CCN(CC=C)C(=O)C1CC(=O)N(c2cccc(Br)c2)C1. The van der Waals surface area contributed by atoms with E-state index in [0.29, 0.717) is 19.6 Å². The van der Waals surface area contributed by atoms with E-state index in [1.54, 1.807) is 22.0 Å². The Labute approximate surface area is 139 Å². The second-order valence-corrected chi connectivity index (χ2v) is 6.12. The van der Waals surface area contributed by atoms with Crippen LogP contribution in [-0.2, 0) is 9.59 Å². The molecule has 1 atom stereocenters. The van der Waals surface area contributed by atoms with Gasteiger partial charge in [0.1, 0.15) is 0 Å². The van der Waals surface area contributed by atoms with E-state index in [4.69, 9.17) is 0 Å². The van der Waals surface area contributed by atoms with Gasteiger partial charge in [-0.1, -0.05) is 34.1 Å². The van der Waals surface area contributed by atoms with E-state index in [0.717, 1.165) is 10.2 Å². The zero-order valence-electron chi connectivity index (χ0n) is 12.4. The lowest BCUT2D eigenvalue weighted by Gasteiger charge is -2.23. The number of carbonyl (C=O) groups is 2. The number of benzene rings is 1. The molecule has 0 radical (unpaired) electrons. The van der Waals surface area contributed by atoms with Gasteiger partial charge in [0.25, 0.3) is 0 Å². The third-order valence-corrected chi connectivity index (χ3v) is 4.10. The van der Waals surface area contributed by atoms with Gasteiger partial charge in [0.05, 0.1) is 5.92 Å². The molecule has 116 valence electrons. The number of nitrogens with zero attached hydrogens (tertiary/aromatic N) is 2. The highest BCUT2D eigenvalue weighted by Gasteiger charge is 2.36. The first-order valence-electron chi connectivity index (χ1n) is 7.13. The monoisotopic (exact) mass is 362 g/mol. The van der Waals surface area contributed by atoms with Crippen LogP contribution in [0.2, 0.25) is 0 Å². The number of carbonyl (C=O) groups excluding carboxylic acids is 2. The van der Waals surface area contributed by atoms with E-state index in [-0.39, 0.29) is 24.2 Å². The molecule has 1 aromatic rings. The van der Waals surface area contributed by atoms with Gasteiger partial charge in [0, 0.05) is 36.2 Å². The predicted octanol–water partition coefficient (Wildman–Crippen LogP) is 3.00. The largest absolute Gasteiger partial charge is 0.335 e. The van der Waals surface area contributed by atoms with Crippen molar-refractivity contribution in [2.75, 3.05) is 24.5 Å². The summed E-state index contributed by atoms with van der Waals surface area (Å²) in [5.74, 6) is -0.356. The molecule has 1 saturated heterocycles. The average molecular weight is 363 g/mol. The fraction of sp³-hybridized carbons (Fsp3) is 0.294. The van der Waals surface area contributed by atoms with Crippen LogP contribution in [0.3, 0.4) is 0 Å². The highest BCUT2D eigenvalue weighted by atomic mass is 79.9. The van der Waals surface area contributed by atoms with Crippen molar-refractivity contribution in [2.24, 2.45) is 5.92 Å². The van der Waals surface area contributed by atoms with Crippen molar-refractivity contribution in [1.29, 1.82) is 0 Å². The number of anilines is 1. The minimum absolute atomic E-state index is 0.0198. The maximum Gasteiger partial charge on any atom is 0.228 e. The smallest absolute Gasteiger partial charge is 0.228 e. The minimum atomic E-state index is -0.314. The van der Waals surface area contributed by atoms with Crippen molar-refractivity contribution in [1.82, 2.24) is 4.90 Å². The molecule has 0 aliphatic carbocycles. The second-order valence-electron chi connectivity index (χ2n) is 5.21. The molecule has 0 N–H and O–H groups in total. The molecular weight excluding hydrogens is 344 g/mol. The Kier molecular flexibility index (Phi) is 5.55. The Balaban J connectivity index is 2.12. The summed E-state index contributed by atoms with van der Waals surface area (Å²) >= 11 is 3.40. The Morgan fingerprint density at radius 1 is 1.36 bits per heavy atom. The van der Waals surface area contributed by atoms with Crippen LogP contribution in [0, 0.1) is 5.92 Å². The topological polar surface area (TPSA) is 40.6 Å². The summed E-state index contributed by atoms with van der Waals surface area (Å²) in [6.45, 7) is 8.68. The third kappa shape index (κ3) is 3.65. The number of amides is 2. The molecule has 1 aliphatic heterocycles. The number of halogens is 1.